The number of hydrogen-bond donors (Lipinski definition) is 2. The first-order valence-corrected chi connectivity index (χ1v) is 7.37. The molecule has 0 aliphatic carbocycles. The highest BCUT2D eigenvalue weighted by molar-refractivity contribution is 7.80. The summed E-state index contributed by atoms with van der Waals surface area (Å²) in [6, 6.07) is 12.9. The van der Waals surface area contributed by atoms with Gasteiger partial charge in [0.2, 0.25) is 0 Å². The molecule has 2 aromatic carbocycles. The van der Waals surface area contributed by atoms with Crippen LogP contribution in [0.15, 0.2) is 61.5 Å². The van der Waals surface area contributed by atoms with Crippen LogP contribution in [0, 0.1) is 0 Å². The van der Waals surface area contributed by atoms with Gasteiger partial charge in [-0.15, -0.1) is 34.5 Å². The van der Waals surface area contributed by atoms with Crippen molar-refractivity contribution in [1.82, 2.24) is 0 Å². The maximum Gasteiger partial charge on any atom is 0.344 e. The lowest BCUT2D eigenvalue weighted by atomic mass is 10.1. The summed E-state index contributed by atoms with van der Waals surface area (Å²) >= 11 is 8.68. The van der Waals surface area contributed by atoms with Crippen LogP contribution in [0.1, 0.15) is 0 Å². The normalized spacial score (nSPS) is 10.9. The Bertz CT molecular complexity index is 854. The Morgan fingerprint density at radius 2 is 1.70 bits per heavy atom. The van der Waals surface area contributed by atoms with Crippen LogP contribution in [0.2, 0.25) is 0 Å². The number of benzene rings is 2. The van der Waals surface area contributed by atoms with Crippen molar-refractivity contribution >= 4 is 50.8 Å². The Hall–Kier alpha value is -1.22. The lowest BCUT2D eigenvalue weighted by molar-refractivity contribution is 0.563. The SMILES string of the molecule is O=c1oc2cc(P)cc(S)c2cc1-c1ccc(S)cc1. The molecule has 3 aromatic rings. The fourth-order valence-corrected chi connectivity index (χ4v) is 2.99. The summed E-state index contributed by atoms with van der Waals surface area (Å²) in [5.41, 5.74) is 1.52. The first kappa shape index (κ1) is 13.7. The summed E-state index contributed by atoms with van der Waals surface area (Å²) in [5.74, 6) is 0. The van der Waals surface area contributed by atoms with Crippen molar-refractivity contribution in [3.63, 3.8) is 0 Å². The first-order valence-electron chi connectivity index (χ1n) is 5.90. The van der Waals surface area contributed by atoms with E-state index in [9.17, 15) is 4.79 Å². The molecule has 3 rings (SSSR count). The molecular formula is C15H11O2PS2. The highest BCUT2D eigenvalue weighted by Crippen LogP contribution is 2.26. The van der Waals surface area contributed by atoms with Crippen LogP contribution in [0.3, 0.4) is 0 Å². The zero-order chi connectivity index (χ0) is 14.3. The van der Waals surface area contributed by atoms with E-state index in [4.69, 9.17) is 4.42 Å². The maximum absolute atomic E-state index is 12.1. The van der Waals surface area contributed by atoms with Crippen LogP contribution < -0.4 is 10.9 Å². The third-order valence-corrected chi connectivity index (χ3v) is 4.03. The van der Waals surface area contributed by atoms with Gasteiger partial charge in [0.1, 0.15) is 5.58 Å². The molecule has 20 heavy (non-hydrogen) atoms. The zero-order valence-corrected chi connectivity index (χ0v) is 13.3. The summed E-state index contributed by atoms with van der Waals surface area (Å²) in [4.78, 5) is 13.8. The third-order valence-electron chi connectivity index (χ3n) is 3.03. The molecule has 0 amide bonds. The van der Waals surface area contributed by atoms with Crippen LogP contribution in [0.4, 0.5) is 0 Å². The second-order valence-corrected chi connectivity index (χ2v) is 6.11. The molecule has 0 aliphatic rings. The van der Waals surface area contributed by atoms with Crippen LogP contribution in [-0.2, 0) is 0 Å². The molecule has 1 aromatic heterocycles. The van der Waals surface area contributed by atoms with Crippen molar-refractivity contribution in [2.45, 2.75) is 9.79 Å². The lowest BCUT2D eigenvalue weighted by Crippen LogP contribution is -2.04. The van der Waals surface area contributed by atoms with Crippen molar-refractivity contribution in [2.24, 2.45) is 0 Å². The van der Waals surface area contributed by atoms with E-state index in [1.807, 2.05) is 42.5 Å². The number of fused-ring (bicyclic) bond motifs is 1. The van der Waals surface area contributed by atoms with E-state index in [-0.39, 0.29) is 5.63 Å². The topological polar surface area (TPSA) is 30.2 Å². The van der Waals surface area contributed by atoms with Crippen LogP contribution >= 0.6 is 34.5 Å². The summed E-state index contributed by atoms with van der Waals surface area (Å²) in [7, 11) is 2.57. The first-order chi connectivity index (χ1) is 9.54. The molecule has 0 saturated heterocycles. The average Bonchev–Trinajstić information content (AvgIpc) is 2.39. The highest BCUT2D eigenvalue weighted by Gasteiger charge is 2.10. The second kappa shape index (κ2) is 5.28. The minimum Gasteiger partial charge on any atom is -0.422 e. The van der Waals surface area contributed by atoms with Gasteiger partial charge in [-0.05, 0) is 41.2 Å². The highest BCUT2D eigenvalue weighted by atomic mass is 32.1. The lowest BCUT2D eigenvalue weighted by Gasteiger charge is -2.06. The molecule has 0 fully saturated rings. The van der Waals surface area contributed by atoms with Crippen molar-refractivity contribution in [1.29, 1.82) is 0 Å². The van der Waals surface area contributed by atoms with Gasteiger partial charge in [-0.25, -0.2) is 4.79 Å². The van der Waals surface area contributed by atoms with E-state index in [2.05, 4.69) is 34.5 Å². The van der Waals surface area contributed by atoms with E-state index in [1.165, 1.54) is 0 Å². The Labute approximate surface area is 129 Å². The molecule has 1 unspecified atom stereocenters. The number of rotatable bonds is 1. The van der Waals surface area contributed by atoms with Gasteiger partial charge in [0.05, 0.1) is 5.56 Å². The molecule has 100 valence electrons. The molecule has 2 nitrogen and oxygen atoms in total. The van der Waals surface area contributed by atoms with E-state index in [0.717, 1.165) is 26.0 Å². The van der Waals surface area contributed by atoms with Crippen LogP contribution in [0.5, 0.6) is 0 Å². The van der Waals surface area contributed by atoms with Gasteiger partial charge in [-0.1, -0.05) is 12.1 Å². The number of hydrogen-bond acceptors (Lipinski definition) is 4. The average molecular weight is 318 g/mol. The molecule has 5 heteroatoms. The predicted octanol–water partition coefficient (Wildman–Crippen LogP) is 3.54. The van der Waals surface area contributed by atoms with E-state index in [1.54, 1.807) is 0 Å². The molecule has 0 bridgehead atoms. The largest absolute Gasteiger partial charge is 0.422 e. The minimum atomic E-state index is -0.354. The van der Waals surface area contributed by atoms with Gasteiger partial charge in [-0.3, -0.25) is 0 Å². The van der Waals surface area contributed by atoms with Gasteiger partial charge in [0.15, 0.2) is 0 Å². The predicted molar refractivity (Wildman–Crippen MR) is 91.8 cm³/mol. The standard InChI is InChI=1S/C15H11O2PS2/c16-15-11(8-1-3-10(19)4-2-8)7-12-13(17-15)5-9(18)6-14(12)20/h1-7,19-20H,18H2. The van der Waals surface area contributed by atoms with Crippen molar-refractivity contribution in [3.05, 3.63) is 52.9 Å². The fourth-order valence-electron chi connectivity index (χ4n) is 2.06. The second-order valence-electron chi connectivity index (χ2n) is 4.45. The van der Waals surface area contributed by atoms with E-state index in [0.29, 0.717) is 11.1 Å². The van der Waals surface area contributed by atoms with Crippen molar-refractivity contribution < 1.29 is 4.42 Å². The number of thiol groups is 2. The molecule has 0 radical (unpaired) electrons. The molecule has 0 N–H and O–H groups in total. The van der Waals surface area contributed by atoms with Crippen LogP contribution in [0.25, 0.3) is 22.1 Å². The fraction of sp³-hybridized carbons (Fsp3) is 0. The van der Waals surface area contributed by atoms with Gasteiger partial charge in [-0.2, -0.15) is 0 Å². The van der Waals surface area contributed by atoms with E-state index >= 15 is 0 Å². The molecule has 0 aliphatic heterocycles. The summed E-state index contributed by atoms with van der Waals surface area (Å²) in [5, 5.41) is 1.75. The van der Waals surface area contributed by atoms with Gasteiger partial charge >= 0.3 is 5.63 Å². The summed E-state index contributed by atoms with van der Waals surface area (Å²) in [6.45, 7) is 0. The zero-order valence-electron chi connectivity index (χ0n) is 10.3. The summed E-state index contributed by atoms with van der Waals surface area (Å²) in [6.07, 6.45) is 0. The monoisotopic (exact) mass is 318 g/mol. The van der Waals surface area contributed by atoms with Gasteiger partial charge in [0.25, 0.3) is 0 Å². The molecule has 1 heterocycles. The molecule has 0 saturated carbocycles. The Morgan fingerprint density at radius 1 is 1.00 bits per heavy atom. The Balaban J connectivity index is 2.29. The minimum absolute atomic E-state index is 0.354. The Morgan fingerprint density at radius 3 is 2.40 bits per heavy atom. The van der Waals surface area contributed by atoms with E-state index < -0.39 is 0 Å². The third kappa shape index (κ3) is 2.51. The smallest absolute Gasteiger partial charge is 0.344 e. The molecule has 0 spiro atoms. The molecular weight excluding hydrogens is 307 g/mol. The Kier molecular flexibility index (Phi) is 3.63. The summed E-state index contributed by atoms with van der Waals surface area (Å²) < 4.78 is 5.40. The van der Waals surface area contributed by atoms with Gasteiger partial charge < -0.3 is 4.42 Å². The maximum atomic E-state index is 12.1. The quantitative estimate of drug-likeness (QED) is 0.408. The molecule has 1 atom stereocenters. The van der Waals surface area contributed by atoms with Crippen molar-refractivity contribution in [2.75, 3.05) is 0 Å². The van der Waals surface area contributed by atoms with Crippen LogP contribution in [-0.4, -0.2) is 0 Å². The van der Waals surface area contributed by atoms with Crippen molar-refractivity contribution in [3.8, 4) is 11.1 Å². The van der Waals surface area contributed by atoms with Gasteiger partial charge in [0, 0.05) is 15.2 Å².